The number of aliphatic hydroxyl groups is 1. The Morgan fingerprint density at radius 1 is 1.06 bits per heavy atom. The van der Waals surface area contributed by atoms with Crippen LogP contribution in [0.3, 0.4) is 0 Å². The summed E-state index contributed by atoms with van der Waals surface area (Å²) in [4.78, 5) is 0. The van der Waals surface area contributed by atoms with E-state index in [4.69, 9.17) is 4.74 Å². The van der Waals surface area contributed by atoms with Gasteiger partial charge in [-0.05, 0) is 99.2 Å². The molecular weight excluding hydrogens is 399 g/mol. The molecule has 1 N–H and O–H groups in total. The first-order valence-corrected chi connectivity index (χ1v) is 13.9. The molecule has 0 heterocycles. The van der Waals surface area contributed by atoms with Crippen molar-refractivity contribution in [2.75, 3.05) is 6.67 Å². The van der Waals surface area contributed by atoms with Gasteiger partial charge in [0.1, 0.15) is 0 Å². The van der Waals surface area contributed by atoms with E-state index in [2.05, 4.69) is 27.7 Å². The standard InChI is InChI=1S/C29H49FO2/c1-18(2)7-6-8-19(3)27-11-12-28-26-15-21(17-30)25-16-22(32-20(4)31)9-10-23(25)24(26)13-14-29(27,28)5/h18-22,24,26-28,31H,6-17H2,1-5H3/t19-,20?,21?,22+,24-,26-,27-,28+,29-/m1/s1. The summed E-state index contributed by atoms with van der Waals surface area (Å²) in [5, 5.41) is 9.68. The van der Waals surface area contributed by atoms with Crippen LogP contribution < -0.4 is 0 Å². The van der Waals surface area contributed by atoms with Gasteiger partial charge in [0, 0.05) is 5.92 Å². The Morgan fingerprint density at radius 3 is 2.53 bits per heavy atom. The maximum atomic E-state index is 14.3. The maximum Gasteiger partial charge on any atom is 0.152 e. The lowest BCUT2D eigenvalue weighted by Gasteiger charge is -2.54. The van der Waals surface area contributed by atoms with Gasteiger partial charge in [0.15, 0.2) is 6.29 Å². The van der Waals surface area contributed by atoms with E-state index in [1.807, 2.05) is 0 Å². The molecule has 0 aromatic carbocycles. The van der Waals surface area contributed by atoms with Crippen molar-refractivity contribution in [3.8, 4) is 0 Å². The van der Waals surface area contributed by atoms with E-state index in [1.54, 1.807) is 12.5 Å². The number of halogens is 1. The van der Waals surface area contributed by atoms with Gasteiger partial charge in [-0.3, -0.25) is 4.39 Å². The molecule has 0 aromatic heterocycles. The number of aliphatic hydroxyl groups excluding tert-OH is 1. The molecule has 0 spiro atoms. The van der Waals surface area contributed by atoms with Crippen LogP contribution in [-0.4, -0.2) is 24.2 Å². The highest BCUT2D eigenvalue weighted by molar-refractivity contribution is 5.29. The molecule has 0 radical (unpaired) electrons. The predicted octanol–water partition coefficient (Wildman–Crippen LogP) is 7.70. The fourth-order valence-electron chi connectivity index (χ4n) is 8.90. The van der Waals surface area contributed by atoms with Gasteiger partial charge >= 0.3 is 0 Å². The second-order valence-corrected chi connectivity index (χ2v) is 12.6. The summed E-state index contributed by atoms with van der Waals surface area (Å²) in [6.07, 6.45) is 12.8. The van der Waals surface area contributed by atoms with E-state index in [1.165, 1.54) is 50.5 Å². The van der Waals surface area contributed by atoms with Crippen LogP contribution in [0.15, 0.2) is 11.1 Å². The summed E-state index contributed by atoms with van der Waals surface area (Å²) in [5.74, 6) is 4.75. The first kappa shape index (κ1) is 24.7. The highest BCUT2D eigenvalue weighted by Gasteiger charge is 2.57. The highest BCUT2D eigenvalue weighted by atomic mass is 19.1. The minimum absolute atomic E-state index is 0.0655. The Kier molecular flexibility index (Phi) is 7.77. The molecule has 0 saturated heterocycles. The van der Waals surface area contributed by atoms with Crippen LogP contribution in [0.25, 0.3) is 0 Å². The quantitative estimate of drug-likeness (QED) is 0.304. The van der Waals surface area contributed by atoms with E-state index in [0.717, 1.165) is 49.4 Å². The van der Waals surface area contributed by atoms with Crippen LogP contribution in [0.5, 0.6) is 0 Å². The van der Waals surface area contributed by atoms with Gasteiger partial charge < -0.3 is 9.84 Å². The molecule has 0 bridgehead atoms. The third-order valence-corrected chi connectivity index (χ3v) is 10.3. The number of hydrogen-bond donors (Lipinski definition) is 1. The Morgan fingerprint density at radius 2 is 1.84 bits per heavy atom. The van der Waals surface area contributed by atoms with Crippen molar-refractivity contribution >= 4 is 0 Å². The molecule has 4 aliphatic rings. The number of rotatable bonds is 8. The molecule has 0 aromatic rings. The first-order chi connectivity index (χ1) is 15.2. The Bertz CT molecular complexity index is 670. The summed E-state index contributed by atoms with van der Waals surface area (Å²) < 4.78 is 20.1. The molecule has 2 fully saturated rings. The van der Waals surface area contributed by atoms with Gasteiger partial charge in [0.2, 0.25) is 0 Å². The summed E-state index contributed by atoms with van der Waals surface area (Å²) in [5.41, 5.74) is 3.46. The lowest BCUT2D eigenvalue weighted by molar-refractivity contribution is -0.128. The molecular formula is C29H49FO2. The maximum absolute atomic E-state index is 14.3. The van der Waals surface area contributed by atoms with Crippen molar-refractivity contribution in [3.05, 3.63) is 11.1 Å². The largest absolute Gasteiger partial charge is 0.368 e. The molecule has 2 nitrogen and oxygen atoms in total. The van der Waals surface area contributed by atoms with Gasteiger partial charge in [-0.25, -0.2) is 0 Å². The number of allylic oxidation sites excluding steroid dienone is 1. The second kappa shape index (κ2) is 10.1. The molecule has 2 unspecified atom stereocenters. The number of hydrogen-bond acceptors (Lipinski definition) is 2. The van der Waals surface area contributed by atoms with Crippen LogP contribution in [0, 0.1) is 46.8 Å². The van der Waals surface area contributed by atoms with Gasteiger partial charge in [-0.2, -0.15) is 0 Å². The molecule has 184 valence electrons. The van der Waals surface area contributed by atoms with Gasteiger partial charge in [-0.15, -0.1) is 0 Å². The summed E-state index contributed by atoms with van der Waals surface area (Å²) >= 11 is 0. The van der Waals surface area contributed by atoms with Gasteiger partial charge in [0.25, 0.3) is 0 Å². The van der Waals surface area contributed by atoms with E-state index in [9.17, 15) is 9.50 Å². The average Bonchev–Trinajstić information content (AvgIpc) is 3.09. The van der Waals surface area contributed by atoms with Gasteiger partial charge in [-0.1, -0.05) is 58.1 Å². The van der Waals surface area contributed by atoms with Gasteiger partial charge in [0.05, 0.1) is 12.8 Å². The Hall–Kier alpha value is -0.410. The molecule has 0 aliphatic heterocycles. The highest BCUT2D eigenvalue weighted by Crippen LogP contribution is 2.65. The predicted molar refractivity (Wildman–Crippen MR) is 130 cm³/mol. The van der Waals surface area contributed by atoms with Crippen LogP contribution in [0.4, 0.5) is 4.39 Å². The molecule has 9 atom stereocenters. The number of fused-ring (bicyclic) bond motifs is 4. The minimum Gasteiger partial charge on any atom is -0.368 e. The molecule has 3 heteroatoms. The van der Waals surface area contributed by atoms with Crippen molar-refractivity contribution < 1.29 is 14.2 Å². The zero-order valence-electron chi connectivity index (χ0n) is 21.4. The monoisotopic (exact) mass is 448 g/mol. The third kappa shape index (κ3) is 4.72. The SMILES string of the molecule is CC(C)CCC[C@@H](C)[C@H]1CC[C@H]2[C@@H]3CC(CF)C4=C(CC[C@H](OC(C)O)C4)[C@H]3CC[C@]12C. The molecule has 4 rings (SSSR count). The summed E-state index contributed by atoms with van der Waals surface area (Å²) in [6.45, 7) is 11.3. The van der Waals surface area contributed by atoms with Crippen molar-refractivity contribution in [3.63, 3.8) is 0 Å². The van der Waals surface area contributed by atoms with Crippen LogP contribution >= 0.6 is 0 Å². The Labute approximate surface area is 196 Å². The van der Waals surface area contributed by atoms with Crippen molar-refractivity contribution in [1.82, 2.24) is 0 Å². The molecule has 4 aliphatic carbocycles. The topological polar surface area (TPSA) is 29.5 Å². The van der Waals surface area contributed by atoms with Crippen molar-refractivity contribution in [2.24, 2.45) is 46.8 Å². The zero-order valence-corrected chi connectivity index (χ0v) is 21.4. The smallest absolute Gasteiger partial charge is 0.152 e. The molecule has 32 heavy (non-hydrogen) atoms. The van der Waals surface area contributed by atoms with E-state index >= 15 is 0 Å². The second-order valence-electron chi connectivity index (χ2n) is 12.6. The van der Waals surface area contributed by atoms with E-state index in [0.29, 0.717) is 17.3 Å². The van der Waals surface area contributed by atoms with Crippen molar-refractivity contribution in [2.45, 2.75) is 118 Å². The van der Waals surface area contributed by atoms with Crippen LogP contribution in [-0.2, 0) is 4.74 Å². The fraction of sp³-hybridized carbons (Fsp3) is 0.931. The van der Waals surface area contributed by atoms with E-state index < -0.39 is 6.29 Å². The van der Waals surface area contributed by atoms with Crippen molar-refractivity contribution in [1.29, 1.82) is 0 Å². The van der Waals surface area contributed by atoms with E-state index in [-0.39, 0.29) is 18.7 Å². The lowest BCUT2D eigenvalue weighted by atomic mass is 9.51. The average molecular weight is 449 g/mol. The van der Waals surface area contributed by atoms with Crippen LogP contribution in [0.2, 0.25) is 0 Å². The third-order valence-electron chi connectivity index (χ3n) is 10.3. The summed E-state index contributed by atoms with van der Waals surface area (Å²) in [7, 11) is 0. The first-order valence-electron chi connectivity index (χ1n) is 13.9. The molecule has 2 saturated carbocycles. The normalized spacial score (nSPS) is 41.2. The Balaban J connectivity index is 1.49. The number of alkyl halides is 1. The summed E-state index contributed by atoms with van der Waals surface area (Å²) in [6, 6.07) is 0. The minimum atomic E-state index is -0.726. The lowest BCUT2D eigenvalue weighted by Crippen LogP contribution is -2.47. The molecule has 0 amide bonds. The zero-order chi connectivity index (χ0) is 23.0. The van der Waals surface area contributed by atoms with Crippen LogP contribution in [0.1, 0.15) is 105 Å². The fourth-order valence-corrected chi connectivity index (χ4v) is 8.90. The number of ether oxygens (including phenoxy) is 1.